The fraction of sp³-hybridized carbons (Fsp3) is 0.900. The van der Waals surface area contributed by atoms with E-state index in [1.807, 2.05) is 0 Å². The summed E-state index contributed by atoms with van der Waals surface area (Å²) in [7, 11) is 0. The molecule has 0 aromatic carbocycles. The van der Waals surface area contributed by atoms with Gasteiger partial charge in [0.2, 0.25) is 0 Å². The van der Waals surface area contributed by atoms with Gasteiger partial charge in [-0.15, -0.1) is 0 Å². The van der Waals surface area contributed by atoms with Gasteiger partial charge in [-0.05, 0) is 99.7 Å². The molecule has 7 atom stereocenters. The summed E-state index contributed by atoms with van der Waals surface area (Å²) < 4.78 is 0. The van der Waals surface area contributed by atoms with Crippen LogP contribution in [0.15, 0.2) is 11.6 Å². The predicted molar refractivity (Wildman–Crippen MR) is 86.9 cm³/mol. The van der Waals surface area contributed by atoms with Gasteiger partial charge in [0.15, 0.2) is 0 Å². The largest absolute Gasteiger partial charge is 0.393 e. The van der Waals surface area contributed by atoms with E-state index in [4.69, 9.17) is 0 Å². The van der Waals surface area contributed by atoms with E-state index in [0.29, 0.717) is 5.41 Å². The molecule has 4 saturated carbocycles. The molecule has 0 amide bonds. The molecule has 4 aliphatic carbocycles. The minimum absolute atomic E-state index is 0.0118. The van der Waals surface area contributed by atoms with Crippen molar-refractivity contribution in [3.8, 4) is 0 Å². The van der Waals surface area contributed by atoms with Gasteiger partial charge < -0.3 is 5.11 Å². The SMILES string of the molecule is C/C=C1/CC[C@H]2[C@@H]3CC[C@H]4CC(O)CC[C@@H]4[C@H]3CC[C@]12C. The molecular weight excluding hydrogens is 256 g/mol. The summed E-state index contributed by atoms with van der Waals surface area (Å²) in [6, 6.07) is 0. The lowest BCUT2D eigenvalue weighted by Gasteiger charge is -2.55. The Morgan fingerprint density at radius 3 is 2.62 bits per heavy atom. The van der Waals surface area contributed by atoms with E-state index >= 15 is 0 Å². The molecule has 0 radical (unpaired) electrons. The van der Waals surface area contributed by atoms with E-state index < -0.39 is 0 Å². The van der Waals surface area contributed by atoms with E-state index in [1.54, 1.807) is 5.57 Å². The Hall–Kier alpha value is -0.300. The summed E-state index contributed by atoms with van der Waals surface area (Å²) in [4.78, 5) is 0. The van der Waals surface area contributed by atoms with Gasteiger partial charge in [0.25, 0.3) is 0 Å². The third-order valence-corrected chi connectivity index (χ3v) is 8.12. The molecule has 118 valence electrons. The van der Waals surface area contributed by atoms with Crippen LogP contribution in [0.2, 0.25) is 0 Å². The zero-order valence-corrected chi connectivity index (χ0v) is 13.9. The van der Waals surface area contributed by atoms with Gasteiger partial charge >= 0.3 is 0 Å². The number of allylic oxidation sites excluding steroid dienone is 2. The smallest absolute Gasteiger partial charge is 0.0543 e. The van der Waals surface area contributed by atoms with Crippen LogP contribution in [0.1, 0.15) is 71.6 Å². The molecule has 0 spiro atoms. The number of aliphatic hydroxyl groups is 1. The first-order valence-corrected chi connectivity index (χ1v) is 9.47. The summed E-state index contributed by atoms with van der Waals surface area (Å²) in [5, 5.41) is 9.99. The Kier molecular flexibility index (Phi) is 3.48. The van der Waals surface area contributed by atoms with Crippen molar-refractivity contribution in [3.05, 3.63) is 11.6 Å². The lowest BCUT2D eigenvalue weighted by molar-refractivity contribution is -0.0610. The minimum atomic E-state index is 0.0118. The maximum atomic E-state index is 9.99. The van der Waals surface area contributed by atoms with Crippen LogP contribution >= 0.6 is 0 Å². The standard InChI is InChI=1S/C20H32O/c1-3-14-5-9-19-18-7-4-13-12-15(21)6-8-16(13)17(18)10-11-20(14,19)2/h3,13,15-19,21H,4-12H2,1-2H3/b14-3-/t13-,15?,16-,17+,18+,19-,20+/m0/s1. The summed E-state index contributed by atoms with van der Waals surface area (Å²) >= 11 is 0. The summed E-state index contributed by atoms with van der Waals surface area (Å²) in [5.41, 5.74) is 2.31. The van der Waals surface area contributed by atoms with Crippen molar-refractivity contribution < 1.29 is 5.11 Å². The maximum absolute atomic E-state index is 9.99. The van der Waals surface area contributed by atoms with Gasteiger partial charge in [0, 0.05) is 0 Å². The number of hydrogen-bond donors (Lipinski definition) is 1. The molecule has 0 aliphatic heterocycles. The summed E-state index contributed by atoms with van der Waals surface area (Å²) in [6.45, 7) is 4.83. The van der Waals surface area contributed by atoms with Crippen molar-refractivity contribution in [2.24, 2.45) is 35.0 Å². The molecule has 1 heteroatoms. The van der Waals surface area contributed by atoms with Crippen LogP contribution in [0.4, 0.5) is 0 Å². The fourth-order valence-corrected chi connectivity index (χ4v) is 7.15. The Morgan fingerprint density at radius 2 is 1.81 bits per heavy atom. The van der Waals surface area contributed by atoms with Gasteiger partial charge in [-0.2, -0.15) is 0 Å². The number of aliphatic hydroxyl groups excluding tert-OH is 1. The van der Waals surface area contributed by atoms with Gasteiger partial charge in [-0.25, -0.2) is 0 Å². The van der Waals surface area contributed by atoms with Gasteiger partial charge in [-0.3, -0.25) is 0 Å². The summed E-state index contributed by atoms with van der Waals surface area (Å²) in [5.74, 6) is 4.76. The maximum Gasteiger partial charge on any atom is 0.0543 e. The Labute approximate surface area is 130 Å². The first-order valence-electron chi connectivity index (χ1n) is 9.47. The van der Waals surface area contributed by atoms with Crippen LogP contribution in [0, 0.1) is 35.0 Å². The van der Waals surface area contributed by atoms with Crippen LogP contribution in [0.3, 0.4) is 0 Å². The zero-order chi connectivity index (χ0) is 14.6. The quantitative estimate of drug-likeness (QED) is 0.626. The third-order valence-electron chi connectivity index (χ3n) is 8.12. The van der Waals surface area contributed by atoms with E-state index in [2.05, 4.69) is 19.9 Å². The average molecular weight is 288 g/mol. The van der Waals surface area contributed by atoms with Crippen LogP contribution in [0.25, 0.3) is 0 Å². The molecule has 4 fully saturated rings. The third kappa shape index (κ3) is 2.06. The number of fused-ring (bicyclic) bond motifs is 5. The number of rotatable bonds is 0. The van der Waals surface area contributed by atoms with Crippen molar-refractivity contribution in [1.29, 1.82) is 0 Å². The molecule has 21 heavy (non-hydrogen) atoms. The highest BCUT2D eigenvalue weighted by molar-refractivity contribution is 5.23. The van der Waals surface area contributed by atoms with Crippen LogP contribution in [-0.2, 0) is 0 Å². The monoisotopic (exact) mass is 288 g/mol. The van der Waals surface area contributed by atoms with Crippen molar-refractivity contribution in [2.75, 3.05) is 0 Å². The van der Waals surface area contributed by atoms with Crippen molar-refractivity contribution in [3.63, 3.8) is 0 Å². The molecule has 0 heterocycles. The average Bonchev–Trinajstić information content (AvgIpc) is 2.83. The number of hydrogen-bond acceptors (Lipinski definition) is 1. The molecule has 4 rings (SSSR count). The van der Waals surface area contributed by atoms with Crippen LogP contribution < -0.4 is 0 Å². The van der Waals surface area contributed by atoms with Gasteiger partial charge in [0.1, 0.15) is 0 Å². The second-order valence-corrected chi connectivity index (χ2v) is 8.71. The van der Waals surface area contributed by atoms with E-state index in [-0.39, 0.29) is 6.10 Å². The molecule has 0 saturated heterocycles. The van der Waals surface area contributed by atoms with Crippen molar-refractivity contribution in [1.82, 2.24) is 0 Å². The molecule has 1 N–H and O–H groups in total. The lowest BCUT2D eigenvalue weighted by Crippen LogP contribution is -2.48. The predicted octanol–water partition coefficient (Wildman–Crippen LogP) is 4.95. The second-order valence-electron chi connectivity index (χ2n) is 8.71. The van der Waals surface area contributed by atoms with Crippen LogP contribution in [0.5, 0.6) is 0 Å². The molecular formula is C20H32O. The van der Waals surface area contributed by atoms with E-state index in [1.165, 1.54) is 44.9 Å². The minimum Gasteiger partial charge on any atom is -0.393 e. The van der Waals surface area contributed by atoms with Gasteiger partial charge in [0.05, 0.1) is 6.10 Å². The molecule has 0 bridgehead atoms. The zero-order valence-electron chi connectivity index (χ0n) is 13.9. The highest BCUT2D eigenvalue weighted by atomic mass is 16.3. The normalized spacial score (nSPS) is 54.9. The molecule has 0 aromatic heterocycles. The molecule has 4 aliphatic rings. The highest BCUT2D eigenvalue weighted by Crippen LogP contribution is 2.63. The van der Waals surface area contributed by atoms with E-state index in [0.717, 1.165) is 42.4 Å². The second kappa shape index (κ2) is 5.11. The van der Waals surface area contributed by atoms with Crippen molar-refractivity contribution >= 4 is 0 Å². The Bertz CT molecular complexity index is 439. The van der Waals surface area contributed by atoms with Crippen LogP contribution in [-0.4, -0.2) is 11.2 Å². The van der Waals surface area contributed by atoms with Gasteiger partial charge in [-0.1, -0.05) is 18.6 Å². The van der Waals surface area contributed by atoms with Crippen molar-refractivity contribution in [2.45, 2.75) is 77.7 Å². The Morgan fingerprint density at radius 1 is 1.00 bits per heavy atom. The summed E-state index contributed by atoms with van der Waals surface area (Å²) in [6.07, 6.45) is 14.5. The fourth-order valence-electron chi connectivity index (χ4n) is 7.15. The first kappa shape index (κ1) is 14.3. The molecule has 1 unspecified atom stereocenters. The lowest BCUT2D eigenvalue weighted by atomic mass is 9.50. The highest BCUT2D eigenvalue weighted by Gasteiger charge is 2.54. The Balaban J connectivity index is 1.58. The van der Waals surface area contributed by atoms with E-state index in [9.17, 15) is 5.11 Å². The molecule has 1 nitrogen and oxygen atoms in total. The molecule has 0 aromatic rings. The first-order chi connectivity index (χ1) is 10.1. The topological polar surface area (TPSA) is 20.2 Å².